The van der Waals surface area contributed by atoms with Gasteiger partial charge in [0.2, 0.25) is 5.91 Å². The standard InChI is InChI=1S/C17H19N3O3/c1-10-9-15(20-23-10)17(22)18-11(2)12-5-7-14(8-6-12)19-16(21)13-3-4-13/h5-9,11,13H,3-4H2,1-2H3,(H,18,22)(H,19,21). The second-order valence-corrected chi connectivity index (χ2v) is 5.90. The summed E-state index contributed by atoms with van der Waals surface area (Å²) in [7, 11) is 0. The maximum atomic E-state index is 12.0. The van der Waals surface area contributed by atoms with Crippen LogP contribution >= 0.6 is 0 Å². The first-order valence-electron chi connectivity index (χ1n) is 7.68. The highest BCUT2D eigenvalue weighted by molar-refractivity contribution is 5.94. The second-order valence-electron chi connectivity index (χ2n) is 5.90. The van der Waals surface area contributed by atoms with Crippen molar-refractivity contribution in [1.29, 1.82) is 0 Å². The Hall–Kier alpha value is -2.63. The minimum Gasteiger partial charge on any atom is -0.361 e. The van der Waals surface area contributed by atoms with Crippen LogP contribution in [0.1, 0.15) is 47.6 Å². The summed E-state index contributed by atoms with van der Waals surface area (Å²) >= 11 is 0. The lowest BCUT2D eigenvalue weighted by molar-refractivity contribution is -0.117. The van der Waals surface area contributed by atoms with E-state index >= 15 is 0 Å². The molecule has 6 nitrogen and oxygen atoms in total. The number of anilines is 1. The average molecular weight is 313 g/mol. The molecule has 23 heavy (non-hydrogen) atoms. The second kappa shape index (κ2) is 6.24. The average Bonchev–Trinajstić information content (AvgIpc) is 3.29. The molecule has 1 atom stereocenters. The maximum Gasteiger partial charge on any atom is 0.273 e. The van der Waals surface area contributed by atoms with Crippen molar-refractivity contribution >= 4 is 17.5 Å². The van der Waals surface area contributed by atoms with Crippen LogP contribution < -0.4 is 10.6 Å². The quantitative estimate of drug-likeness (QED) is 0.889. The Morgan fingerprint density at radius 3 is 2.52 bits per heavy atom. The van der Waals surface area contributed by atoms with Gasteiger partial charge in [-0.25, -0.2) is 0 Å². The highest BCUT2D eigenvalue weighted by Crippen LogP contribution is 2.30. The minimum atomic E-state index is -0.277. The molecule has 6 heteroatoms. The van der Waals surface area contributed by atoms with Crippen LogP contribution in [0.5, 0.6) is 0 Å². The largest absolute Gasteiger partial charge is 0.361 e. The number of hydrogen-bond donors (Lipinski definition) is 2. The first-order valence-corrected chi connectivity index (χ1v) is 7.68. The number of amides is 2. The van der Waals surface area contributed by atoms with Gasteiger partial charge in [0.15, 0.2) is 5.69 Å². The van der Waals surface area contributed by atoms with Crippen LogP contribution in [-0.2, 0) is 4.79 Å². The molecule has 0 saturated heterocycles. The summed E-state index contributed by atoms with van der Waals surface area (Å²) in [5.41, 5.74) is 1.99. The van der Waals surface area contributed by atoms with Gasteiger partial charge in [-0.05, 0) is 44.4 Å². The van der Waals surface area contributed by atoms with Gasteiger partial charge in [0.1, 0.15) is 5.76 Å². The Kier molecular flexibility index (Phi) is 4.14. The lowest BCUT2D eigenvalue weighted by Crippen LogP contribution is -2.26. The van der Waals surface area contributed by atoms with Gasteiger partial charge >= 0.3 is 0 Å². The Balaban J connectivity index is 1.59. The summed E-state index contributed by atoms with van der Waals surface area (Å²) in [6.07, 6.45) is 1.96. The Labute approximate surface area is 134 Å². The van der Waals surface area contributed by atoms with Gasteiger partial charge < -0.3 is 15.2 Å². The fraction of sp³-hybridized carbons (Fsp3) is 0.353. The predicted octanol–water partition coefficient (Wildman–Crippen LogP) is 2.82. The summed E-state index contributed by atoms with van der Waals surface area (Å²) in [4.78, 5) is 23.8. The zero-order valence-corrected chi connectivity index (χ0v) is 13.1. The molecule has 120 valence electrons. The summed E-state index contributed by atoms with van der Waals surface area (Å²) in [5.74, 6) is 0.582. The first-order chi connectivity index (χ1) is 11.0. The SMILES string of the molecule is Cc1cc(C(=O)NC(C)c2ccc(NC(=O)C3CC3)cc2)no1. The maximum absolute atomic E-state index is 12.0. The summed E-state index contributed by atoms with van der Waals surface area (Å²) < 4.78 is 4.90. The monoisotopic (exact) mass is 313 g/mol. The van der Waals surface area contributed by atoms with Gasteiger partial charge in [-0.1, -0.05) is 17.3 Å². The van der Waals surface area contributed by atoms with Gasteiger partial charge in [-0.15, -0.1) is 0 Å². The number of benzene rings is 1. The normalized spacial score (nSPS) is 15.0. The number of rotatable bonds is 5. The summed E-state index contributed by atoms with van der Waals surface area (Å²) in [5, 5.41) is 9.45. The zero-order chi connectivity index (χ0) is 16.4. The number of aryl methyl sites for hydroxylation is 1. The van der Waals surface area contributed by atoms with Gasteiger partial charge in [0.05, 0.1) is 6.04 Å². The molecular formula is C17H19N3O3. The van der Waals surface area contributed by atoms with E-state index in [1.54, 1.807) is 13.0 Å². The summed E-state index contributed by atoms with van der Waals surface area (Å²) in [6, 6.07) is 8.89. The Bertz CT molecular complexity index is 717. The molecule has 2 N–H and O–H groups in total. The molecule has 2 aromatic rings. The number of aromatic nitrogens is 1. The molecule has 0 radical (unpaired) electrons. The fourth-order valence-electron chi connectivity index (χ4n) is 2.27. The van der Waals surface area contributed by atoms with Gasteiger partial charge in [0.25, 0.3) is 5.91 Å². The van der Waals surface area contributed by atoms with Crippen molar-refractivity contribution in [1.82, 2.24) is 10.5 Å². The number of nitrogens with one attached hydrogen (secondary N) is 2. The van der Waals surface area contributed by atoms with Crippen molar-refractivity contribution in [2.45, 2.75) is 32.7 Å². The number of nitrogens with zero attached hydrogens (tertiary/aromatic N) is 1. The molecule has 1 saturated carbocycles. The van der Waals surface area contributed by atoms with Crippen molar-refractivity contribution in [2.75, 3.05) is 5.32 Å². The van der Waals surface area contributed by atoms with Gasteiger partial charge in [-0.3, -0.25) is 9.59 Å². The number of carbonyl (C=O) groups is 2. The first kappa shape index (κ1) is 15.3. The molecule has 1 aromatic carbocycles. The van der Waals surface area contributed by atoms with E-state index in [0.717, 1.165) is 24.1 Å². The lowest BCUT2D eigenvalue weighted by Gasteiger charge is -2.14. The molecule has 0 spiro atoms. The van der Waals surface area contributed by atoms with E-state index in [9.17, 15) is 9.59 Å². The molecule has 0 aliphatic heterocycles. The van der Waals surface area contributed by atoms with Crippen LogP contribution in [0.2, 0.25) is 0 Å². The van der Waals surface area contributed by atoms with Crippen LogP contribution in [0.3, 0.4) is 0 Å². The Morgan fingerprint density at radius 1 is 1.26 bits per heavy atom. The van der Waals surface area contributed by atoms with Crippen molar-refractivity contribution in [3.63, 3.8) is 0 Å². The van der Waals surface area contributed by atoms with E-state index in [1.165, 1.54) is 0 Å². The highest BCUT2D eigenvalue weighted by Gasteiger charge is 2.29. The van der Waals surface area contributed by atoms with E-state index < -0.39 is 0 Å². The highest BCUT2D eigenvalue weighted by atomic mass is 16.5. The molecular weight excluding hydrogens is 294 g/mol. The molecule has 0 bridgehead atoms. The molecule has 1 aliphatic rings. The molecule has 1 fully saturated rings. The molecule has 3 rings (SSSR count). The van der Waals surface area contributed by atoms with E-state index in [1.807, 2.05) is 31.2 Å². The molecule has 1 aromatic heterocycles. The lowest BCUT2D eigenvalue weighted by atomic mass is 10.1. The van der Waals surface area contributed by atoms with Crippen LogP contribution in [0.25, 0.3) is 0 Å². The molecule has 2 amide bonds. The third-order valence-corrected chi connectivity index (χ3v) is 3.83. The number of hydrogen-bond acceptors (Lipinski definition) is 4. The van der Waals surface area contributed by atoms with Crippen LogP contribution in [0.4, 0.5) is 5.69 Å². The van der Waals surface area contributed by atoms with E-state index in [0.29, 0.717) is 5.76 Å². The molecule has 1 aliphatic carbocycles. The van der Waals surface area contributed by atoms with Crippen molar-refractivity contribution in [3.8, 4) is 0 Å². The van der Waals surface area contributed by atoms with E-state index in [-0.39, 0.29) is 29.5 Å². The topological polar surface area (TPSA) is 84.2 Å². The molecule has 1 heterocycles. The van der Waals surface area contributed by atoms with Crippen molar-refractivity contribution in [3.05, 3.63) is 47.3 Å². The third kappa shape index (κ3) is 3.77. The van der Waals surface area contributed by atoms with Crippen LogP contribution in [-0.4, -0.2) is 17.0 Å². The van der Waals surface area contributed by atoms with Crippen molar-refractivity contribution < 1.29 is 14.1 Å². The number of carbonyl (C=O) groups excluding carboxylic acids is 2. The smallest absolute Gasteiger partial charge is 0.273 e. The summed E-state index contributed by atoms with van der Waals surface area (Å²) in [6.45, 7) is 3.63. The van der Waals surface area contributed by atoms with Gasteiger partial charge in [-0.2, -0.15) is 0 Å². The minimum absolute atomic E-state index is 0.0838. The predicted molar refractivity (Wildman–Crippen MR) is 84.9 cm³/mol. The van der Waals surface area contributed by atoms with Crippen LogP contribution in [0, 0.1) is 12.8 Å². The third-order valence-electron chi connectivity index (χ3n) is 3.83. The zero-order valence-electron chi connectivity index (χ0n) is 13.1. The molecule has 1 unspecified atom stereocenters. The van der Waals surface area contributed by atoms with E-state index in [2.05, 4.69) is 15.8 Å². The Morgan fingerprint density at radius 2 is 1.96 bits per heavy atom. The van der Waals surface area contributed by atoms with Crippen LogP contribution in [0.15, 0.2) is 34.9 Å². The van der Waals surface area contributed by atoms with Crippen molar-refractivity contribution in [2.24, 2.45) is 5.92 Å². The van der Waals surface area contributed by atoms with Gasteiger partial charge in [0, 0.05) is 17.7 Å². The van der Waals surface area contributed by atoms with E-state index in [4.69, 9.17) is 4.52 Å². The fourth-order valence-corrected chi connectivity index (χ4v) is 2.27.